The Kier molecular flexibility index (Phi) is 4.81. The van der Waals surface area contributed by atoms with Crippen molar-refractivity contribution in [2.24, 2.45) is 5.92 Å². The highest BCUT2D eigenvalue weighted by Gasteiger charge is 2.31. The van der Waals surface area contributed by atoms with Gasteiger partial charge in [0.05, 0.1) is 0 Å². The van der Waals surface area contributed by atoms with Crippen LogP contribution in [0.25, 0.3) is 0 Å². The molecule has 112 valence electrons. The van der Waals surface area contributed by atoms with Crippen LogP contribution in [-0.4, -0.2) is 41.1 Å². The van der Waals surface area contributed by atoms with Crippen LogP contribution in [0.2, 0.25) is 0 Å². The lowest BCUT2D eigenvalue weighted by atomic mass is 9.91. The van der Waals surface area contributed by atoms with Gasteiger partial charge in [0.1, 0.15) is 6.26 Å². The molecule has 1 atom stereocenters. The van der Waals surface area contributed by atoms with E-state index in [-0.39, 0.29) is 11.4 Å². The molecule has 20 heavy (non-hydrogen) atoms. The van der Waals surface area contributed by atoms with Crippen molar-refractivity contribution in [2.75, 3.05) is 19.6 Å². The zero-order valence-electron chi connectivity index (χ0n) is 12.7. The summed E-state index contributed by atoms with van der Waals surface area (Å²) in [5, 5.41) is 6.61. The van der Waals surface area contributed by atoms with E-state index in [0.29, 0.717) is 12.2 Å². The molecule has 1 fully saturated rings. The molecular formula is C15H25N3O2. The van der Waals surface area contributed by atoms with E-state index in [9.17, 15) is 4.79 Å². The van der Waals surface area contributed by atoms with E-state index in [1.807, 2.05) is 0 Å². The second kappa shape index (κ2) is 6.39. The number of rotatable bonds is 5. The molecule has 2 rings (SSSR count). The van der Waals surface area contributed by atoms with Crippen LogP contribution in [0.4, 0.5) is 0 Å². The topological polar surface area (TPSA) is 58.4 Å². The third-order valence-corrected chi connectivity index (χ3v) is 4.30. The van der Waals surface area contributed by atoms with Gasteiger partial charge in [-0.15, -0.1) is 0 Å². The fraction of sp³-hybridized carbons (Fsp3) is 0.733. The van der Waals surface area contributed by atoms with Crippen LogP contribution in [0.1, 0.15) is 50.5 Å². The van der Waals surface area contributed by atoms with Gasteiger partial charge >= 0.3 is 0 Å². The lowest BCUT2D eigenvalue weighted by Gasteiger charge is -2.43. The third-order valence-electron chi connectivity index (χ3n) is 4.30. The van der Waals surface area contributed by atoms with E-state index in [0.717, 1.165) is 19.0 Å². The quantitative estimate of drug-likeness (QED) is 0.898. The maximum absolute atomic E-state index is 11.9. The van der Waals surface area contributed by atoms with Gasteiger partial charge < -0.3 is 9.84 Å². The van der Waals surface area contributed by atoms with Crippen molar-refractivity contribution in [2.45, 2.75) is 45.6 Å². The van der Waals surface area contributed by atoms with E-state index in [2.05, 4.69) is 36.1 Å². The lowest BCUT2D eigenvalue weighted by molar-refractivity contribution is 0.0610. The molecular weight excluding hydrogens is 254 g/mol. The highest BCUT2D eigenvalue weighted by molar-refractivity contribution is 5.91. The molecule has 0 radical (unpaired) electrons. The average molecular weight is 279 g/mol. The maximum atomic E-state index is 11.9. The standard InChI is InChI=1S/C15H25N3O2/c1-4-12-6-5-8-18(10-12)15(2,3)11-16-14(19)13-7-9-20-17-13/h7,9,12H,4-6,8,10-11H2,1-3H3,(H,16,19). The Morgan fingerprint density at radius 3 is 3.05 bits per heavy atom. The number of hydrogen-bond donors (Lipinski definition) is 1. The summed E-state index contributed by atoms with van der Waals surface area (Å²) in [6, 6.07) is 1.58. The van der Waals surface area contributed by atoms with Crippen molar-refractivity contribution in [3.8, 4) is 0 Å². The minimum Gasteiger partial charge on any atom is -0.364 e. The number of likely N-dealkylation sites (tertiary alicyclic amines) is 1. The lowest BCUT2D eigenvalue weighted by Crippen LogP contribution is -2.54. The zero-order valence-corrected chi connectivity index (χ0v) is 12.7. The van der Waals surface area contributed by atoms with Crippen LogP contribution < -0.4 is 5.32 Å². The summed E-state index contributed by atoms with van der Waals surface area (Å²) in [5.74, 6) is 0.616. The van der Waals surface area contributed by atoms with Crippen LogP contribution in [-0.2, 0) is 0 Å². The smallest absolute Gasteiger partial charge is 0.273 e. The summed E-state index contributed by atoms with van der Waals surface area (Å²) in [6.07, 6.45) is 5.22. The number of carbonyl (C=O) groups is 1. The molecule has 1 aliphatic rings. The minimum absolute atomic E-state index is 0.0345. The van der Waals surface area contributed by atoms with Gasteiger partial charge in [-0.25, -0.2) is 0 Å². The van der Waals surface area contributed by atoms with E-state index in [4.69, 9.17) is 4.52 Å². The first-order valence-electron chi connectivity index (χ1n) is 7.46. The summed E-state index contributed by atoms with van der Waals surface area (Å²) in [5.41, 5.74) is 0.304. The molecule has 1 N–H and O–H groups in total. The van der Waals surface area contributed by atoms with Gasteiger partial charge in [0.2, 0.25) is 0 Å². The predicted molar refractivity (Wildman–Crippen MR) is 77.5 cm³/mol. The van der Waals surface area contributed by atoms with E-state index >= 15 is 0 Å². The molecule has 0 saturated carbocycles. The zero-order chi connectivity index (χ0) is 14.6. The first kappa shape index (κ1) is 15.0. The van der Waals surface area contributed by atoms with Crippen molar-refractivity contribution >= 4 is 5.91 Å². The largest absolute Gasteiger partial charge is 0.364 e. The van der Waals surface area contributed by atoms with Crippen LogP contribution >= 0.6 is 0 Å². The van der Waals surface area contributed by atoms with Gasteiger partial charge in [0, 0.05) is 24.7 Å². The number of aromatic nitrogens is 1. The fourth-order valence-electron chi connectivity index (χ4n) is 2.78. The molecule has 5 nitrogen and oxygen atoms in total. The number of piperidine rings is 1. The van der Waals surface area contributed by atoms with Gasteiger partial charge in [-0.2, -0.15) is 0 Å². The van der Waals surface area contributed by atoms with Crippen LogP contribution in [0.15, 0.2) is 16.9 Å². The van der Waals surface area contributed by atoms with E-state index in [1.165, 1.54) is 25.5 Å². The monoisotopic (exact) mass is 279 g/mol. The number of amides is 1. The molecule has 1 aromatic heterocycles. The summed E-state index contributed by atoms with van der Waals surface area (Å²) in [4.78, 5) is 14.4. The van der Waals surface area contributed by atoms with Crippen LogP contribution in [0, 0.1) is 5.92 Å². The highest BCUT2D eigenvalue weighted by atomic mass is 16.5. The molecule has 5 heteroatoms. The molecule has 1 amide bonds. The summed E-state index contributed by atoms with van der Waals surface area (Å²) in [6.45, 7) is 9.50. The molecule has 2 heterocycles. The molecule has 1 saturated heterocycles. The molecule has 0 spiro atoms. The third kappa shape index (κ3) is 3.60. The Bertz CT molecular complexity index is 428. The second-order valence-corrected chi connectivity index (χ2v) is 6.24. The highest BCUT2D eigenvalue weighted by Crippen LogP contribution is 2.25. The van der Waals surface area contributed by atoms with Gasteiger partial charge in [-0.1, -0.05) is 18.5 Å². The van der Waals surface area contributed by atoms with Crippen molar-refractivity contribution < 1.29 is 9.32 Å². The van der Waals surface area contributed by atoms with Gasteiger partial charge in [0.25, 0.3) is 5.91 Å². The Morgan fingerprint density at radius 1 is 1.60 bits per heavy atom. The molecule has 0 aromatic carbocycles. The second-order valence-electron chi connectivity index (χ2n) is 6.24. The predicted octanol–water partition coefficient (Wildman–Crippen LogP) is 2.31. The molecule has 0 bridgehead atoms. The number of carbonyl (C=O) groups excluding carboxylic acids is 1. The number of nitrogens with zero attached hydrogens (tertiary/aromatic N) is 2. The molecule has 1 unspecified atom stereocenters. The molecule has 0 aliphatic carbocycles. The van der Waals surface area contributed by atoms with Crippen molar-refractivity contribution in [3.05, 3.63) is 18.0 Å². The Hall–Kier alpha value is -1.36. The average Bonchev–Trinajstić information content (AvgIpc) is 2.99. The van der Waals surface area contributed by atoms with Gasteiger partial charge in [0.15, 0.2) is 5.69 Å². The van der Waals surface area contributed by atoms with E-state index < -0.39 is 0 Å². The first-order chi connectivity index (χ1) is 9.53. The summed E-state index contributed by atoms with van der Waals surface area (Å²) >= 11 is 0. The van der Waals surface area contributed by atoms with Gasteiger partial charge in [-0.05, 0) is 39.2 Å². The molecule has 1 aliphatic heterocycles. The van der Waals surface area contributed by atoms with Crippen molar-refractivity contribution in [1.29, 1.82) is 0 Å². The Balaban J connectivity index is 1.88. The fourth-order valence-corrected chi connectivity index (χ4v) is 2.78. The maximum Gasteiger partial charge on any atom is 0.273 e. The molecule has 1 aromatic rings. The summed E-state index contributed by atoms with van der Waals surface area (Å²) in [7, 11) is 0. The number of hydrogen-bond acceptors (Lipinski definition) is 4. The van der Waals surface area contributed by atoms with Gasteiger partial charge in [-0.3, -0.25) is 9.69 Å². The Morgan fingerprint density at radius 2 is 2.40 bits per heavy atom. The van der Waals surface area contributed by atoms with Crippen LogP contribution in [0.3, 0.4) is 0 Å². The van der Waals surface area contributed by atoms with Crippen LogP contribution in [0.5, 0.6) is 0 Å². The summed E-state index contributed by atoms with van der Waals surface area (Å²) < 4.78 is 4.69. The van der Waals surface area contributed by atoms with Crippen molar-refractivity contribution in [1.82, 2.24) is 15.4 Å². The van der Waals surface area contributed by atoms with Crippen molar-refractivity contribution in [3.63, 3.8) is 0 Å². The Labute approximate surface area is 120 Å². The number of nitrogens with one attached hydrogen (secondary N) is 1. The first-order valence-corrected chi connectivity index (χ1v) is 7.46. The minimum atomic E-state index is -0.170. The SMILES string of the molecule is CCC1CCCN(C(C)(C)CNC(=O)c2ccon2)C1. The normalized spacial score (nSPS) is 20.9. The van der Waals surface area contributed by atoms with E-state index in [1.54, 1.807) is 6.07 Å².